The number of hydrogen-bond donors (Lipinski definition) is 1. The fourth-order valence-corrected chi connectivity index (χ4v) is 1.43. The number of hydrogen-bond acceptors (Lipinski definition) is 2. The van der Waals surface area contributed by atoms with E-state index in [0.717, 1.165) is 5.75 Å². The molecule has 0 atom stereocenters. The third kappa shape index (κ3) is 2.85. The third-order valence-corrected chi connectivity index (χ3v) is 2.11. The summed E-state index contributed by atoms with van der Waals surface area (Å²) in [5.41, 5.74) is 5.36. The lowest BCUT2D eigenvalue weighted by atomic mass is 10.1. The van der Waals surface area contributed by atoms with Gasteiger partial charge in [0.2, 0.25) is 0 Å². The topological polar surface area (TPSA) is 35.2 Å². The van der Waals surface area contributed by atoms with Gasteiger partial charge in [-0.3, -0.25) is 0 Å². The van der Waals surface area contributed by atoms with Gasteiger partial charge in [0.1, 0.15) is 12.4 Å². The monoisotopic (exact) mass is 223 g/mol. The van der Waals surface area contributed by atoms with Crippen LogP contribution in [0.4, 0.5) is 0 Å². The molecule has 0 spiro atoms. The summed E-state index contributed by atoms with van der Waals surface area (Å²) in [7, 11) is 0. The molecule has 0 heterocycles. The first-order valence-corrected chi connectivity index (χ1v) is 4.72. The Labute approximate surface area is 95.4 Å². The highest BCUT2D eigenvalue weighted by Gasteiger charge is 1.95. The quantitative estimate of drug-likeness (QED) is 0.868. The Morgan fingerprint density at radius 3 is 2.47 bits per heavy atom. The van der Waals surface area contributed by atoms with Crippen molar-refractivity contribution < 1.29 is 4.74 Å². The zero-order valence-corrected chi connectivity index (χ0v) is 9.17. The molecule has 0 amide bonds. The SMILES string of the molecule is Cl.NCCOc1ccc2ccccc2c1. The first kappa shape index (κ1) is 11.8. The number of halogens is 1. The van der Waals surface area contributed by atoms with E-state index in [-0.39, 0.29) is 12.4 Å². The van der Waals surface area contributed by atoms with Gasteiger partial charge in [-0.15, -0.1) is 12.4 Å². The fraction of sp³-hybridized carbons (Fsp3) is 0.167. The van der Waals surface area contributed by atoms with Crippen LogP contribution in [-0.2, 0) is 0 Å². The van der Waals surface area contributed by atoms with Crippen molar-refractivity contribution in [3.63, 3.8) is 0 Å². The zero-order chi connectivity index (χ0) is 9.80. The van der Waals surface area contributed by atoms with Gasteiger partial charge in [0.05, 0.1) is 0 Å². The lowest BCUT2D eigenvalue weighted by molar-refractivity contribution is 0.329. The third-order valence-electron chi connectivity index (χ3n) is 2.11. The van der Waals surface area contributed by atoms with Gasteiger partial charge in [0.25, 0.3) is 0 Å². The number of fused-ring (bicyclic) bond motifs is 1. The van der Waals surface area contributed by atoms with Gasteiger partial charge in [-0.05, 0) is 22.9 Å². The fourth-order valence-electron chi connectivity index (χ4n) is 1.43. The summed E-state index contributed by atoms with van der Waals surface area (Å²) >= 11 is 0. The predicted molar refractivity (Wildman–Crippen MR) is 65.7 cm³/mol. The van der Waals surface area contributed by atoms with E-state index in [4.69, 9.17) is 10.5 Å². The van der Waals surface area contributed by atoms with Crippen molar-refractivity contribution in [3.05, 3.63) is 42.5 Å². The molecule has 0 aliphatic carbocycles. The Bertz CT molecular complexity index is 431. The Hall–Kier alpha value is -1.25. The second-order valence-corrected chi connectivity index (χ2v) is 3.15. The van der Waals surface area contributed by atoms with E-state index >= 15 is 0 Å². The molecule has 80 valence electrons. The van der Waals surface area contributed by atoms with Crippen LogP contribution in [0.1, 0.15) is 0 Å². The first-order chi connectivity index (χ1) is 6.90. The van der Waals surface area contributed by atoms with Crippen LogP contribution in [0.25, 0.3) is 10.8 Å². The first-order valence-electron chi connectivity index (χ1n) is 4.72. The van der Waals surface area contributed by atoms with E-state index in [0.29, 0.717) is 13.2 Å². The molecule has 0 radical (unpaired) electrons. The van der Waals surface area contributed by atoms with Crippen molar-refractivity contribution in [2.45, 2.75) is 0 Å². The standard InChI is InChI=1S/C12H13NO.ClH/c13-7-8-14-12-6-5-10-3-1-2-4-11(10)9-12;/h1-6,9H,7-8,13H2;1H. The minimum Gasteiger partial charge on any atom is -0.492 e. The maximum absolute atomic E-state index is 5.44. The Balaban J connectivity index is 0.00000112. The van der Waals surface area contributed by atoms with Gasteiger partial charge in [-0.2, -0.15) is 0 Å². The molecule has 0 saturated carbocycles. The molecule has 0 bridgehead atoms. The van der Waals surface area contributed by atoms with E-state index < -0.39 is 0 Å². The van der Waals surface area contributed by atoms with Crippen molar-refractivity contribution in [1.82, 2.24) is 0 Å². The summed E-state index contributed by atoms with van der Waals surface area (Å²) in [4.78, 5) is 0. The van der Waals surface area contributed by atoms with Crippen LogP contribution in [0.5, 0.6) is 5.75 Å². The molecule has 2 N–H and O–H groups in total. The van der Waals surface area contributed by atoms with Crippen molar-refractivity contribution in [2.24, 2.45) is 5.73 Å². The van der Waals surface area contributed by atoms with Crippen molar-refractivity contribution in [2.75, 3.05) is 13.2 Å². The summed E-state index contributed by atoms with van der Waals surface area (Å²) < 4.78 is 5.44. The Morgan fingerprint density at radius 2 is 1.73 bits per heavy atom. The van der Waals surface area contributed by atoms with Gasteiger partial charge in [-0.25, -0.2) is 0 Å². The molecule has 15 heavy (non-hydrogen) atoms. The minimum atomic E-state index is 0. The van der Waals surface area contributed by atoms with Crippen LogP contribution < -0.4 is 10.5 Å². The normalized spacial score (nSPS) is 9.67. The Morgan fingerprint density at radius 1 is 1.00 bits per heavy atom. The van der Waals surface area contributed by atoms with Gasteiger partial charge in [-0.1, -0.05) is 30.3 Å². The molecule has 0 fully saturated rings. The molecule has 0 aliphatic heterocycles. The predicted octanol–water partition coefficient (Wildman–Crippen LogP) is 2.60. The van der Waals surface area contributed by atoms with E-state index in [9.17, 15) is 0 Å². The largest absolute Gasteiger partial charge is 0.492 e. The Kier molecular flexibility index (Phi) is 4.40. The smallest absolute Gasteiger partial charge is 0.120 e. The molecule has 0 unspecified atom stereocenters. The highest BCUT2D eigenvalue weighted by Crippen LogP contribution is 2.20. The van der Waals surface area contributed by atoms with Crippen LogP contribution in [0.15, 0.2) is 42.5 Å². The maximum Gasteiger partial charge on any atom is 0.120 e. The average molecular weight is 224 g/mol. The zero-order valence-electron chi connectivity index (χ0n) is 8.35. The van der Waals surface area contributed by atoms with Gasteiger partial charge in [0.15, 0.2) is 0 Å². The molecular weight excluding hydrogens is 210 g/mol. The number of nitrogens with two attached hydrogens (primary N) is 1. The van der Waals surface area contributed by atoms with Gasteiger partial charge >= 0.3 is 0 Å². The number of rotatable bonds is 3. The van der Waals surface area contributed by atoms with Crippen LogP contribution in [-0.4, -0.2) is 13.2 Å². The van der Waals surface area contributed by atoms with Crippen LogP contribution in [0.3, 0.4) is 0 Å². The van der Waals surface area contributed by atoms with Crippen LogP contribution >= 0.6 is 12.4 Å². The van der Waals surface area contributed by atoms with Crippen LogP contribution in [0.2, 0.25) is 0 Å². The molecule has 2 rings (SSSR count). The molecule has 2 aromatic carbocycles. The molecular formula is C12H14ClNO. The highest BCUT2D eigenvalue weighted by atomic mass is 35.5. The van der Waals surface area contributed by atoms with Crippen LogP contribution in [0, 0.1) is 0 Å². The average Bonchev–Trinajstić information content (AvgIpc) is 2.26. The molecule has 2 aromatic rings. The van der Waals surface area contributed by atoms with Crippen molar-refractivity contribution >= 4 is 23.2 Å². The molecule has 0 aromatic heterocycles. The minimum absolute atomic E-state index is 0. The second-order valence-electron chi connectivity index (χ2n) is 3.15. The number of benzene rings is 2. The van der Waals surface area contributed by atoms with Crippen molar-refractivity contribution in [1.29, 1.82) is 0 Å². The lowest BCUT2D eigenvalue weighted by Crippen LogP contribution is -2.10. The second kappa shape index (κ2) is 5.59. The summed E-state index contributed by atoms with van der Waals surface area (Å²) in [6, 6.07) is 14.3. The van der Waals surface area contributed by atoms with E-state index in [1.54, 1.807) is 0 Å². The van der Waals surface area contributed by atoms with E-state index in [2.05, 4.69) is 18.2 Å². The summed E-state index contributed by atoms with van der Waals surface area (Å²) in [6.45, 7) is 1.12. The summed E-state index contributed by atoms with van der Waals surface area (Å²) in [6.07, 6.45) is 0. The highest BCUT2D eigenvalue weighted by molar-refractivity contribution is 5.85. The molecule has 2 nitrogen and oxygen atoms in total. The van der Waals surface area contributed by atoms with E-state index in [1.165, 1.54) is 10.8 Å². The van der Waals surface area contributed by atoms with E-state index in [1.807, 2.05) is 24.3 Å². The maximum atomic E-state index is 5.44. The summed E-state index contributed by atoms with van der Waals surface area (Å²) in [5, 5.41) is 2.43. The van der Waals surface area contributed by atoms with Crippen molar-refractivity contribution in [3.8, 4) is 5.75 Å². The van der Waals surface area contributed by atoms with Gasteiger partial charge in [0, 0.05) is 6.54 Å². The van der Waals surface area contributed by atoms with Gasteiger partial charge < -0.3 is 10.5 Å². The molecule has 0 saturated heterocycles. The summed E-state index contributed by atoms with van der Waals surface area (Å²) in [5.74, 6) is 0.883. The lowest BCUT2D eigenvalue weighted by Gasteiger charge is -2.05. The molecule has 0 aliphatic rings. The number of ether oxygens (including phenoxy) is 1. The molecule has 3 heteroatoms.